The SMILES string of the molecule is CC(C)(CO)C1(CCCc2ccc(C(N)=O)cc2)C=CC=N1. The van der Waals surface area contributed by atoms with Crippen molar-refractivity contribution in [3.63, 3.8) is 0 Å². The van der Waals surface area contributed by atoms with Crippen LogP contribution in [0.4, 0.5) is 0 Å². The molecule has 0 bridgehead atoms. The fourth-order valence-electron chi connectivity index (χ4n) is 2.84. The Morgan fingerprint density at radius 2 is 2.00 bits per heavy atom. The number of benzene rings is 1. The number of nitrogens with two attached hydrogens (primary N) is 1. The lowest BCUT2D eigenvalue weighted by Crippen LogP contribution is -2.43. The number of aryl methyl sites for hydroxylation is 1. The fraction of sp³-hybridized carbons (Fsp3) is 0.444. The second-order valence-corrected chi connectivity index (χ2v) is 6.52. The summed E-state index contributed by atoms with van der Waals surface area (Å²) in [5.41, 5.74) is 6.34. The molecule has 1 atom stereocenters. The fourth-order valence-corrected chi connectivity index (χ4v) is 2.84. The molecule has 1 aliphatic heterocycles. The van der Waals surface area contributed by atoms with E-state index >= 15 is 0 Å². The number of aliphatic imine (C=N–C) groups is 1. The van der Waals surface area contributed by atoms with Crippen molar-refractivity contribution in [1.29, 1.82) is 0 Å². The summed E-state index contributed by atoms with van der Waals surface area (Å²) in [4.78, 5) is 15.7. The van der Waals surface area contributed by atoms with Gasteiger partial charge in [-0.05, 0) is 43.0 Å². The Labute approximate surface area is 131 Å². The minimum absolute atomic E-state index is 0.0992. The summed E-state index contributed by atoms with van der Waals surface area (Å²) in [6, 6.07) is 7.41. The van der Waals surface area contributed by atoms with Crippen LogP contribution in [0.15, 0.2) is 41.4 Å². The van der Waals surface area contributed by atoms with Crippen LogP contribution < -0.4 is 5.73 Å². The molecule has 22 heavy (non-hydrogen) atoms. The van der Waals surface area contributed by atoms with Gasteiger partial charge in [-0.3, -0.25) is 9.79 Å². The lowest BCUT2D eigenvalue weighted by Gasteiger charge is -2.39. The van der Waals surface area contributed by atoms with Crippen LogP contribution >= 0.6 is 0 Å². The molecule has 0 aliphatic carbocycles. The van der Waals surface area contributed by atoms with E-state index in [2.05, 4.69) is 11.1 Å². The standard InChI is InChI=1S/C18H24N2O2/c1-17(2,13-21)18(11-4-12-20-18)10-3-5-14-6-8-15(9-7-14)16(19)22/h4,6-9,11-12,21H,3,5,10,13H2,1-2H3,(H2,19,22). The van der Waals surface area contributed by atoms with Gasteiger partial charge in [0.15, 0.2) is 0 Å². The van der Waals surface area contributed by atoms with Gasteiger partial charge in [-0.25, -0.2) is 0 Å². The monoisotopic (exact) mass is 300 g/mol. The van der Waals surface area contributed by atoms with Crippen LogP contribution in [0, 0.1) is 5.41 Å². The number of hydrogen-bond donors (Lipinski definition) is 2. The molecule has 0 saturated heterocycles. The summed E-state index contributed by atoms with van der Waals surface area (Å²) in [5.74, 6) is -0.402. The van der Waals surface area contributed by atoms with Crippen molar-refractivity contribution in [2.24, 2.45) is 16.1 Å². The number of amides is 1. The Morgan fingerprint density at radius 3 is 2.50 bits per heavy atom. The zero-order valence-corrected chi connectivity index (χ0v) is 13.2. The zero-order chi connectivity index (χ0) is 16.2. The van der Waals surface area contributed by atoms with Gasteiger partial charge in [0, 0.05) is 17.2 Å². The van der Waals surface area contributed by atoms with Crippen LogP contribution in [0.3, 0.4) is 0 Å². The van der Waals surface area contributed by atoms with Gasteiger partial charge < -0.3 is 10.8 Å². The summed E-state index contributed by atoms with van der Waals surface area (Å²) < 4.78 is 0. The minimum Gasteiger partial charge on any atom is -0.396 e. The molecule has 1 unspecified atom stereocenters. The Balaban J connectivity index is 1.98. The Kier molecular flexibility index (Phi) is 4.81. The van der Waals surface area contributed by atoms with E-state index in [1.807, 2.05) is 38.3 Å². The predicted octanol–water partition coefficient (Wildman–Crippen LogP) is 2.51. The van der Waals surface area contributed by atoms with Crippen molar-refractivity contribution < 1.29 is 9.90 Å². The van der Waals surface area contributed by atoms with E-state index in [4.69, 9.17) is 5.73 Å². The molecule has 0 saturated carbocycles. The Bertz CT molecular complexity index is 574. The Hall–Kier alpha value is -1.94. The molecule has 4 heteroatoms. The van der Waals surface area contributed by atoms with Crippen LogP contribution in [-0.2, 0) is 6.42 Å². The number of allylic oxidation sites excluding steroid dienone is 1. The molecule has 2 rings (SSSR count). The Morgan fingerprint density at radius 1 is 1.32 bits per heavy atom. The lowest BCUT2D eigenvalue weighted by molar-refractivity contribution is 0.0945. The summed E-state index contributed by atoms with van der Waals surface area (Å²) in [6.45, 7) is 4.19. The van der Waals surface area contributed by atoms with E-state index in [-0.39, 0.29) is 17.6 Å². The van der Waals surface area contributed by atoms with Crippen LogP contribution in [0.2, 0.25) is 0 Å². The van der Waals surface area contributed by atoms with E-state index in [9.17, 15) is 9.90 Å². The van der Waals surface area contributed by atoms with Gasteiger partial charge in [0.2, 0.25) is 5.91 Å². The molecule has 118 valence electrons. The van der Waals surface area contributed by atoms with Crippen molar-refractivity contribution in [3.8, 4) is 0 Å². The van der Waals surface area contributed by atoms with Crippen molar-refractivity contribution in [1.82, 2.24) is 0 Å². The number of hydrogen-bond acceptors (Lipinski definition) is 3. The van der Waals surface area contributed by atoms with E-state index in [0.29, 0.717) is 5.56 Å². The van der Waals surface area contributed by atoms with Crippen molar-refractivity contribution in [3.05, 3.63) is 47.5 Å². The number of carbonyl (C=O) groups is 1. The predicted molar refractivity (Wildman–Crippen MR) is 89.1 cm³/mol. The zero-order valence-electron chi connectivity index (χ0n) is 13.2. The van der Waals surface area contributed by atoms with E-state index < -0.39 is 5.91 Å². The van der Waals surface area contributed by atoms with Crippen molar-refractivity contribution in [2.45, 2.75) is 38.6 Å². The van der Waals surface area contributed by atoms with Gasteiger partial charge in [0.1, 0.15) is 0 Å². The van der Waals surface area contributed by atoms with Crippen LogP contribution in [0.25, 0.3) is 0 Å². The minimum atomic E-state index is -0.402. The van der Waals surface area contributed by atoms with Crippen molar-refractivity contribution in [2.75, 3.05) is 6.61 Å². The third-order valence-electron chi connectivity index (χ3n) is 4.59. The molecule has 0 fully saturated rings. The molecule has 4 nitrogen and oxygen atoms in total. The number of rotatable bonds is 7. The molecular formula is C18H24N2O2. The largest absolute Gasteiger partial charge is 0.396 e. The van der Waals surface area contributed by atoms with Gasteiger partial charge in [-0.15, -0.1) is 0 Å². The average Bonchev–Trinajstić information content (AvgIpc) is 2.98. The molecular weight excluding hydrogens is 276 g/mol. The van der Waals surface area contributed by atoms with Gasteiger partial charge in [-0.1, -0.05) is 32.1 Å². The van der Waals surface area contributed by atoms with Gasteiger partial charge in [0.05, 0.1) is 12.1 Å². The molecule has 1 amide bonds. The molecule has 0 spiro atoms. The first-order valence-corrected chi connectivity index (χ1v) is 7.63. The van der Waals surface area contributed by atoms with E-state index in [1.54, 1.807) is 12.1 Å². The van der Waals surface area contributed by atoms with Gasteiger partial charge in [-0.2, -0.15) is 0 Å². The number of nitrogens with zero attached hydrogens (tertiary/aromatic N) is 1. The van der Waals surface area contributed by atoms with Crippen LogP contribution in [0.5, 0.6) is 0 Å². The van der Waals surface area contributed by atoms with Crippen LogP contribution in [-0.4, -0.2) is 29.4 Å². The highest BCUT2D eigenvalue weighted by atomic mass is 16.3. The summed E-state index contributed by atoms with van der Waals surface area (Å²) in [6.07, 6.45) is 8.62. The molecule has 3 N–H and O–H groups in total. The topological polar surface area (TPSA) is 75.7 Å². The van der Waals surface area contributed by atoms with Gasteiger partial charge >= 0.3 is 0 Å². The molecule has 1 aliphatic rings. The van der Waals surface area contributed by atoms with Crippen molar-refractivity contribution >= 4 is 12.1 Å². The normalized spacial score (nSPS) is 20.5. The number of aliphatic hydroxyl groups is 1. The highest BCUT2D eigenvalue weighted by Gasteiger charge is 2.42. The molecule has 1 aromatic carbocycles. The van der Waals surface area contributed by atoms with Crippen LogP contribution in [0.1, 0.15) is 42.6 Å². The second kappa shape index (κ2) is 6.44. The van der Waals surface area contributed by atoms with E-state index in [0.717, 1.165) is 19.3 Å². The lowest BCUT2D eigenvalue weighted by atomic mass is 9.70. The molecule has 1 heterocycles. The third kappa shape index (κ3) is 3.28. The maximum Gasteiger partial charge on any atom is 0.248 e. The third-order valence-corrected chi connectivity index (χ3v) is 4.59. The van der Waals surface area contributed by atoms with E-state index in [1.165, 1.54) is 5.56 Å². The number of carbonyl (C=O) groups excluding carboxylic acids is 1. The second-order valence-electron chi connectivity index (χ2n) is 6.52. The first kappa shape index (κ1) is 16.4. The smallest absolute Gasteiger partial charge is 0.248 e. The summed E-state index contributed by atoms with van der Waals surface area (Å²) in [5, 5.41) is 9.67. The summed E-state index contributed by atoms with van der Waals surface area (Å²) >= 11 is 0. The first-order chi connectivity index (χ1) is 10.4. The quantitative estimate of drug-likeness (QED) is 0.811. The highest BCUT2D eigenvalue weighted by Crippen LogP contribution is 2.41. The molecule has 0 radical (unpaired) electrons. The average molecular weight is 300 g/mol. The molecule has 1 aromatic rings. The maximum absolute atomic E-state index is 11.1. The first-order valence-electron chi connectivity index (χ1n) is 7.63. The van der Waals surface area contributed by atoms with Gasteiger partial charge in [0.25, 0.3) is 0 Å². The molecule has 0 aromatic heterocycles. The summed E-state index contributed by atoms with van der Waals surface area (Å²) in [7, 11) is 0. The number of aliphatic hydroxyl groups excluding tert-OH is 1. The number of primary amides is 1. The highest BCUT2D eigenvalue weighted by molar-refractivity contribution is 5.92. The maximum atomic E-state index is 11.1.